The van der Waals surface area contributed by atoms with E-state index in [0.29, 0.717) is 61.5 Å². The molecule has 0 radical (unpaired) electrons. The third-order valence-electron chi connectivity index (χ3n) is 22.6. The molecule has 21 atom stereocenters. The summed E-state index contributed by atoms with van der Waals surface area (Å²) in [6.07, 6.45) is 19.9. The molecule has 2 aromatic carbocycles. The van der Waals surface area contributed by atoms with Crippen molar-refractivity contribution >= 4 is 5.97 Å². The number of ether oxygens (including phenoxy) is 5. The molecule has 10 aliphatic rings. The fourth-order valence-corrected chi connectivity index (χ4v) is 18.5. The Morgan fingerprint density at radius 3 is 2.62 bits per heavy atom. The van der Waals surface area contributed by atoms with Crippen LogP contribution in [0.25, 0.3) is 0 Å². The lowest BCUT2D eigenvalue weighted by Gasteiger charge is -2.54. The lowest BCUT2D eigenvalue weighted by Crippen LogP contribution is -2.71. The van der Waals surface area contributed by atoms with Crippen molar-refractivity contribution in [2.75, 3.05) is 26.9 Å². The fourth-order valence-electron chi connectivity index (χ4n) is 18.5. The van der Waals surface area contributed by atoms with Gasteiger partial charge in [-0.3, -0.25) is 0 Å². The van der Waals surface area contributed by atoms with Gasteiger partial charge in [0, 0.05) is 74.6 Å². The van der Waals surface area contributed by atoms with Crippen LogP contribution in [0.3, 0.4) is 0 Å². The summed E-state index contributed by atoms with van der Waals surface area (Å²) >= 11 is 0. The van der Waals surface area contributed by atoms with Gasteiger partial charge in [0.1, 0.15) is 42.3 Å². The number of carboxylic acids is 1. The van der Waals surface area contributed by atoms with Gasteiger partial charge < -0.3 is 74.4 Å². The fraction of sp³-hybridized carbons (Fsp3) is 0.583. The summed E-state index contributed by atoms with van der Waals surface area (Å²) in [5, 5.41) is 109. The molecule has 13 rings (SSSR count). The molecule has 6 heterocycles. The van der Waals surface area contributed by atoms with E-state index in [-0.39, 0.29) is 105 Å². The van der Waals surface area contributed by atoms with Crippen molar-refractivity contribution in [1.29, 1.82) is 5.26 Å². The Labute approximate surface area is 522 Å². The molecule has 1 saturated heterocycles. The second-order valence-electron chi connectivity index (χ2n) is 27.5. The first-order valence-corrected chi connectivity index (χ1v) is 32.5. The largest absolute Gasteiger partial charge is 0.482 e. The van der Waals surface area contributed by atoms with Crippen molar-refractivity contribution in [3.05, 3.63) is 149 Å². The molecule has 3 spiro atoms. The zero-order valence-electron chi connectivity index (χ0n) is 51.2. The molecule has 5 aliphatic heterocycles. The Morgan fingerprint density at radius 1 is 1.03 bits per heavy atom. The number of aromatic nitrogens is 1. The lowest BCUT2D eigenvalue weighted by atomic mass is 9.52. The van der Waals surface area contributed by atoms with Crippen molar-refractivity contribution < 1.29 is 69.3 Å². The Kier molecular flexibility index (Phi) is 18.4. The number of carbonyl (C=O) groups is 1. The van der Waals surface area contributed by atoms with Crippen molar-refractivity contribution in [3.8, 4) is 23.8 Å². The number of aliphatic hydroxyl groups is 7. The number of hydrogen-bond donors (Lipinski definition) is 9. The molecule has 21 unspecified atom stereocenters. The van der Waals surface area contributed by atoms with Crippen LogP contribution in [0.4, 0.5) is 0 Å². The summed E-state index contributed by atoms with van der Waals surface area (Å²) in [6, 6.07) is 16.0. The molecule has 89 heavy (non-hydrogen) atoms. The summed E-state index contributed by atoms with van der Waals surface area (Å²) in [4.78, 5) is 12.1. The number of aromatic carboxylic acids is 1. The Hall–Kier alpha value is -6.06. The van der Waals surface area contributed by atoms with Crippen LogP contribution in [0.15, 0.2) is 121 Å². The highest BCUT2D eigenvalue weighted by molar-refractivity contribution is 5.87. The smallest absolute Gasteiger partial charge is 0.335 e. The van der Waals surface area contributed by atoms with Crippen LogP contribution in [0.2, 0.25) is 0 Å². The predicted octanol–water partition coefficient (Wildman–Crippen LogP) is 7.87. The van der Waals surface area contributed by atoms with E-state index in [2.05, 4.69) is 67.3 Å². The van der Waals surface area contributed by atoms with E-state index < -0.39 is 77.5 Å². The van der Waals surface area contributed by atoms with Crippen LogP contribution in [0.1, 0.15) is 141 Å². The standard InChI is InChI=1S/C72H89N3O14/c1-4-9-45-19-21-52(34-49(45)33-50(41-85-3)58(40-77)75-29-26-44(38-73)39-75)87-68-72-37-56(59(78)13-8-31-86-61(14-7-30-76)65(88-68)64(80)66(72)81)69(35-53(89-72)22-24-57-43(2)32-48-10-5-12-60(79)63(48)74-57)28-25-62-70(84,42-69)36-55-54(23-20-51-11-6-27-71(51,55)62)46-15-17-47(18-16-46)67(82)83/h4-5,10,15-19,21,25-26,28-29,32,34-35,39,43,50-51,54-66,68,74,76-81,84H,1,6-7,9,11-14,20,22-24,27,30,33,36-37,40-42H2,2-3H3,(H,82,83). The van der Waals surface area contributed by atoms with Gasteiger partial charge in [-0.1, -0.05) is 73.9 Å². The predicted molar refractivity (Wildman–Crippen MR) is 330 cm³/mol. The number of aliphatic hydroxyl groups excluding tert-OH is 6. The number of benzene rings is 2. The van der Waals surface area contributed by atoms with Gasteiger partial charge in [0.25, 0.3) is 0 Å². The molecule has 9 N–H and O–H groups in total. The molecule has 4 fully saturated rings. The quantitative estimate of drug-likeness (QED) is 0.0408. The van der Waals surface area contributed by atoms with Gasteiger partial charge in [-0.2, -0.15) is 5.26 Å². The molecule has 17 nitrogen and oxygen atoms in total. The maximum absolute atomic E-state index is 14.1. The molecule has 476 valence electrons. The third kappa shape index (κ3) is 11.7. The highest BCUT2D eigenvalue weighted by Gasteiger charge is 2.71. The minimum absolute atomic E-state index is 0.0378. The normalized spacial score (nSPS) is 38.2. The zero-order valence-corrected chi connectivity index (χ0v) is 51.2. The van der Waals surface area contributed by atoms with Gasteiger partial charge in [-0.05, 0) is 165 Å². The van der Waals surface area contributed by atoms with E-state index in [4.69, 9.17) is 23.7 Å². The Bertz CT molecular complexity index is 3300. The summed E-state index contributed by atoms with van der Waals surface area (Å²) < 4.78 is 35.9. The first kappa shape index (κ1) is 63.1. The zero-order chi connectivity index (χ0) is 62.4. The van der Waals surface area contributed by atoms with Gasteiger partial charge in [0.15, 0.2) is 5.60 Å². The Morgan fingerprint density at radius 2 is 1.87 bits per heavy atom. The number of hydrogen-bond acceptors (Lipinski definition) is 15. The SMILES string of the molecule is C=CCc1ccc(OC2OC3C(CCCO)OC#CCC(O)C4CC2(OC(CCC2NC5C(=CC2C)C=CCC5O)=CC42C=CC4C(O)(CC5C(c6ccc(C(=O)O)cc6)CCC6CCCC654)C2)C(O)C3O)cc1CC(COC)C(CO)n1ccc(C#N)c1. The van der Waals surface area contributed by atoms with Gasteiger partial charge in [0.2, 0.25) is 6.29 Å². The number of nitrogens with zero attached hydrogens (tertiary/aromatic N) is 2. The van der Waals surface area contributed by atoms with Gasteiger partial charge in [-0.15, -0.1) is 6.58 Å². The van der Waals surface area contributed by atoms with Crippen molar-refractivity contribution in [1.82, 2.24) is 9.88 Å². The van der Waals surface area contributed by atoms with E-state index >= 15 is 0 Å². The monoisotopic (exact) mass is 1220 g/mol. The number of nitrogens with one attached hydrogen (secondary N) is 1. The maximum atomic E-state index is 14.1. The summed E-state index contributed by atoms with van der Waals surface area (Å²) in [5.41, 5.74) is -0.0801. The maximum Gasteiger partial charge on any atom is 0.335 e. The second kappa shape index (κ2) is 25.9. The molecule has 0 amide bonds. The van der Waals surface area contributed by atoms with Crippen molar-refractivity contribution in [2.24, 2.45) is 46.3 Å². The van der Waals surface area contributed by atoms with Crippen LogP contribution < -0.4 is 10.1 Å². The van der Waals surface area contributed by atoms with Gasteiger partial charge in [-0.25, -0.2) is 4.79 Å². The number of fused-ring (bicyclic) bond motifs is 8. The van der Waals surface area contributed by atoms with E-state index in [9.17, 15) is 50.9 Å². The highest BCUT2D eigenvalue weighted by Crippen LogP contribution is 2.74. The minimum Gasteiger partial charge on any atom is -0.482 e. The first-order chi connectivity index (χ1) is 43.0. The third-order valence-corrected chi connectivity index (χ3v) is 22.6. The van der Waals surface area contributed by atoms with Crippen LogP contribution in [-0.2, 0) is 31.8 Å². The topological polar surface area (TPSA) is 266 Å². The van der Waals surface area contributed by atoms with Crippen molar-refractivity contribution in [2.45, 2.75) is 188 Å². The number of allylic oxidation sites excluding steroid dienone is 4. The van der Waals surface area contributed by atoms with Crippen LogP contribution in [0, 0.1) is 69.7 Å². The van der Waals surface area contributed by atoms with E-state index in [0.717, 1.165) is 54.4 Å². The number of rotatable bonds is 19. The van der Waals surface area contributed by atoms with E-state index in [1.807, 2.05) is 47.1 Å². The average molecular weight is 1220 g/mol. The molecule has 3 bridgehead atoms. The number of nitriles is 1. The van der Waals surface area contributed by atoms with Crippen LogP contribution in [-0.4, -0.2) is 145 Å². The summed E-state index contributed by atoms with van der Waals surface area (Å²) in [6.45, 7) is 6.04. The molecule has 17 heteroatoms. The van der Waals surface area contributed by atoms with Crippen LogP contribution in [0.5, 0.6) is 5.75 Å². The van der Waals surface area contributed by atoms with E-state index in [1.165, 1.54) is 0 Å². The average Bonchev–Trinajstić information content (AvgIpc) is 1.53. The highest BCUT2D eigenvalue weighted by atomic mass is 16.7. The summed E-state index contributed by atoms with van der Waals surface area (Å²) in [5.74, 6) is 2.06. The summed E-state index contributed by atoms with van der Waals surface area (Å²) in [7, 11) is 1.61. The molecule has 3 saturated carbocycles. The Balaban J connectivity index is 0.979. The molecule has 1 aromatic heterocycles. The molecular formula is C72H89N3O14. The lowest BCUT2D eigenvalue weighted by molar-refractivity contribution is -0.337. The first-order valence-electron chi connectivity index (χ1n) is 32.5. The van der Waals surface area contributed by atoms with Gasteiger partial charge in [0.05, 0.1) is 60.0 Å². The van der Waals surface area contributed by atoms with Crippen LogP contribution >= 0.6 is 0 Å². The molecule has 5 aliphatic carbocycles. The van der Waals surface area contributed by atoms with Gasteiger partial charge >= 0.3 is 5.97 Å². The second-order valence-corrected chi connectivity index (χ2v) is 27.5. The molecule has 3 aromatic rings. The number of methoxy groups -OCH3 is 1. The van der Waals surface area contributed by atoms with E-state index in [1.54, 1.807) is 37.7 Å². The molecular weight excluding hydrogens is 1130 g/mol. The van der Waals surface area contributed by atoms with Crippen molar-refractivity contribution in [3.63, 3.8) is 0 Å². The number of carboxylic acid groups (broad SMARTS) is 1. The minimum atomic E-state index is -1.97.